The van der Waals surface area contributed by atoms with E-state index in [1.165, 1.54) is 17.7 Å². The van der Waals surface area contributed by atoms with E-state index in [9.17, 15) is 8.42 Å². The van der Waals surface area contributed by atoms with Crippen LogP contribution in [-0.2, 0) is 10.0 Å². The van der Waals surface area contributed by atoms with Crippen molar-refractivity contribution in [1.82, 2.24) is 0 Å². The van der Waals surface area contributed by atoms with Crippen molar-refractivity contribution < 1.29 is 8.42 Å². The number of aryl methyl sites for hydroxylation is 2. The van der Waals surface area contributed by atoms with Crippen molar-refractivity contribution in [2.24, 2.45) is 5.14 Å². The molecule has 0 atom stereocenters. The molecule has 2 rings (SSSR count). The van der Waals surface area contributed by atoms with Crippen LogP contribution in [0.2, 0.25) is 0 Å². The van der Waals surface area contributed by atoms with Gasteiger partial charge < -0.3 is 10.6 Å². The van der Waals surface area contributed by atoms with Gasteiger partial charge in [0.15, 0.2) is 5.11 Å². The Morgan fingerprint density at radius 1 is 1.05 bits per heavy atom. The number of hydrogen-bond acceptors (Lipinski definition) is 3. The number of hydrogen-bond donors (Lipinski definition) is 3. The molecule has 0 saturated carbocycles. The van der Waals surface area contributed by atoms with Crippen LogP contribution >= 0.6 is 12.2 Å². The van der Waals surface area contributed by atoms with Gasteiger partial charge in [-0.2, -0.15) is 0 Å². The Morgan fingerprint density at radius 2 is 1.68 bits per heavy atom. The highest BCUT2D eigenvalue weighted by Gasteiger charge is 2.07. The first kappa shape index (κ1) is 16.4. The molecule has 0 aromatic heterocycles. The predicted molar refractivity (Wildman–Crippen MR) is 93.6 cm³/mol. The number of primary sulfonamides is 1. The molecule has 0 aliphatic heterocycles. The maximum Gasteiger partial charge on any atom is 0.238 e. The lowest BCUT2D eigenvalue weighted by molar-refractivity contribution is 0.598. The van der Waals surface area contributed by atoms with Crippen LogP contribution in [0.5, 0.6) is 0 Å². The molecule has 0 bridgehead atoms. The summed E-state index contributed by atoms with van der Waals surface area (Å²) in [6, 6.07) is 12.1. The van der Waals surface area contributed by atoms with Crippen LogP contribution in [0, 0.1) is 13.8 Å². The molecule has 4 N–H and O–H groups in total. The maximum atomic E-state index is 11.2. The third kappa shape index (κ3) is 4.27. The second kappa shape index (κ2) is 6.43. The first-order valence-corrected chi connectivity index (χ1v) is 8.49. The van der Waals surface area contributed by atoms with E-state index in [0.29, 0.717) is 10.8 Å². The van der Waals surface area contributed by atoms with E-state index in [4.69, 9.17) is 17.4 Å². The van der Waals surface area contributed by atoms with Gasteiger partial charge in [0.1, 0.15) is 0 Å². The monoisotopic (exact) mass is 335 g/mol. The minimum absolute atomic E-state index is 0.0614. The normalized spacial score (nSPS) is 11.0. The van der Waals surface area contributed by atoms with Gasteiger partial charge in [-0.05, 0) is 62.0 Å². The second-order valence-corrected chi connectivity index (χ2v) is 6.94. The first-order valence-electron chi connectivity index (χ1n) is 6.54. The fourth-order valence-electron chi connectivity index (χ4n) is 1.97. The molecule has 0 fully saturated rings. The van der Waals surface area contributed by atoms with Gasteiger partial charge in [-0.25, -0.2) is 13.6 Å². The van der Waals surface area contributed by atoms with Gasteiger partial charge in [0, 0.05) is 11.4 Å². The Bertz CT molecular complexity index is 800. The third-order valence-electron chi connectivity index (χ3n) is 3.07. The first-order chi connectivity index (χ1) is 10.3. The van der Waals surface area contributed by atoms with Crippen molar-refractivity contribution >= 4 is 38.7 Å². The van der Waals surface area contributed by atoms with Crippen molar-refractivity contribution in [2.45, 2.75) is 18.7 Å². The zero-order chi connectivity index (χ0) is 16.3. The molecule has 5 nitrogen and oxygen atoms in total. The molecular weight excluding hydrogens is 318 g/mol. The summed E-state index contributed by atoms with van der Waals surface area (Å²) in [4.78, 5) is 0.0614. The number of benzene rings is 2. The van der Waals surface area contributed by atoms with Crippen LogP contribution < -0.4 is 15.8 Å². The van der Waals surface area contributed by atoms with Crippen molar-refractivity contribution in [3.63, 3.8) is 0 Å². The number of nitrogens with one attached hydrogen (secondary N) is 2. The van der Waals surface area contributed by atoms with Gasteiger partial charge in [0.2, 0.25) is 10.0 Å². The molecule has 7 heteroatoms. The van der Waals surface area contributed by atoms with Crippen LogP contribution in [0.1, 0.15) is 11.1 Å². The van der Waals surface area contributed by atoms with E-state index in [2.05, 4.69) is 16.7 Å². The van der Waals surface area contributed by atoms with Crippen LogP contribution in [0.15, 0.2) is 47.4 Å². The lowest BCUT2D eigenvalue weighted by Crippen LogP contribution is -2.19. The molecular formula is C15H17N3O2S2. The summed E-state index contributed by atoms with van der Waals surface area (Å²) in [6.45, 7) is 4.03. The molecule has 2 aromatic carbocycles. The summed E-state index contributed by atoms with van der Waals surface area (Å²) < 4.78 is 22.4. The van der Waals surface area contributed by atoms with E-state index in [0.717, 1.165) is 11.3 Å². The molecule has 2 aromatic rings. The Hall–Kier alpha value is -1.96. The molecule has 0 saturated heterocycles. The number of anilines is 2. The molecule has 0 aliphatic rings. The topological polar surface area (TPSA) is 84.2 Å². The summed E-state index contributed by atoms with van der Waals surface area (Å²) in [7, 11) is -3.68. The summed E-state index contributed by atoms with van der Waals surface area (Å²) in [5.74, 6) is 0. The van der Waals surface area contributed by atoms with Gasteiger partial charge in [0.25, 0.3) is 0 Å². The van der Waals surface area contributed by atoms with Crippen LogP contribution in [0.25, 0.3) is 0 Å². The SMILES string of the molecule is Cc1ccc(NC(=S)Nc2ccc(S(N)(=O)=O)cc2)c(C)c1. The molecule has 0 spiro atoms. The summed E-state index contributed by atoms with van der Waals surface area (Å²) >= 11 is 5.25. The largest absolute Gasteiger partial charge is 0.332 e. The van der Waals surface area contributed by atoms with Crippen LogP contribution in [-0.4, -0.2) is 13.5 Å². The maximum absolute atomic E-state index is 11.2. The zero-order valence-corrected chi connectivity index (χ0v) is 13.9. The molecule has 0 unspecified atom stereocenters. The second-order valence-electron chi connectivity index (χ2n) is 4.97. The van der Waals surface area contributed by atoms with Gasteiger partial charge in [-0.1, -0.05) is 17.7 Å². The fraction of sp³-hybridized carbons (Fsp3) is 0.133. The molecule has 0 heterocycles. The minimum Gasteiger partial charge on any atom is -0.332 e. The van der Waals surface area contributed by atoms with Gasteiger partial charge in [0.05, 0.1) is 4.90 Å². The molecule has 0 amide bonds. The Labute approximate surface area is 135 Å². The summed E-state index contributed by atoms with van der Waals surface area (Å²) in [5.41, 5.74) is 3.87. The number of nitrogens with two attached hydrogens (primary N) is 1. The molecule has 0 radical (unpaired) electrons. The van der Waals surface area contributed by atoms with E-state index in [1.807, 2.05) is 26.0 Å². The van der Waals surface area contributed by atoms with Crippen LogP contribution in [0.4, 0.5) is 11.4 Å². The minimum atomic E-state index is -3.68. The van der Waals surface area contributed by atoms with Crippen LogP contribution in [0.3, 0.4) is 0 Å². The highest BCUT2D eigenvalue weighted by atomic mass is 32.2. The molecule has 0 aliphatic carbocycles. The van der Waals surface area contributed by atoms with Crippen molar-refractivity contribution in [2.75, 3.05) is 10.6 Å². The Kier molecular flexibility index (Phi) is 4.80. The van der Waals surface area contributed by atoms with E-state index >= 15 is 0 Å². The van der Waals surface area contributed by atoms with E-state index in [1.54, 1.807) is 12.1 Å². The molecule has 116 valence electrons. The van der Waals surface area contributed by atoms with Gasteiger partial charge in [-0.3, -0.25) is 0 Å². The van der Waals surface area contributed by atoms with E-state index in [-0.39, 0.29) is 4.90 Å². The lowest BCUT2D eigenvalue weighted by Gasteiger charge is -2.13. The predicted octanol–water partition coefficient (Wildman–Crippen LogP) is 2.76. The van der Waals surface area contributed by atoms with Crippen molar-refractivity contribution in [1.29, 1.82) is 0 Å². The average Bonchev–Trinajstić information content (AvgIpc) is 2.41. The average molecular weight is 335 g/mol. The fourth-order valence-corrected chi connectivity index (χ4v) is 2.71. The highest BCUT2D eigenvalue weighted by molar-refractivity contribution is 7.89. The Morgan fingerprint density at radius 3 is 2.23 bits per heavy atom. The summed E-state index contributed by atoms with van der Waals surface area (Å²) in [6.07, 6.45) is 0. The smallest absolute Gasteiger partial charge is 0.238 e. The lowest BCUT2D eigenvalue weighted by atomic mass is 10.1. The summed E-state index contributed by atoms with van der Waals surface area (Å²) in [5, 5.41) is 11.6. The Balaban J connectivity index is 2.06. The number of rotatable bonds is 3. The molecule has 22 heavy (non-hydrogen) atoms. The van der Waals surface area contributed by atoms with Gasteiger partial charge >= 0.3 is 0 Å². The quantitative estimate of drug-likeness (QED) is 0.751. The standard InChI is InChI=1S/C15H17N3O2S2/c1-10-3-8-14(11(2)9-10)18-15(21)17-12-4-6-13(7-5-12)22(16,19)20/h3-9H,1-2H3,(H2,16,19,20)(H2,17,18,21). The van der Waals surface area contributed by atoms with Crippen molar-refractivity contribution in [3.05, 3.63) is 53.6 Å². The van der Waals surface area contributed by atoms with Gasteiger partial charge in [-0.15, -0.1) is 0 Å². The zero-order valence-electron chi connectivity index (χ0n) is 12.3. The number of thiocarbonyl (C=S) groups is 1. The third-order valence-corrected chi connectivity index (χ3v) is 4.20. The van der Waals surface area contributed by atoms with Crippen molar-refractivity contribution in [3.8, 4) is 0 Å². The van der Waals surface area contributed by atoms with E-state index < -0.39 is 10.0 Å². The highest BCUT2D eigenvalue weighted by Crippen LogP contribution is 2.17. The number of sulfonamides is 1.